The van der Waals surface area contributed by atoms with Crippen LogP contribution in [-0.2, 0) is 13.0 Å². The van der Waals surface area contributed by atoms with Gasteiger partial charge in [-0.15, -0.1) is 0 Å². The second kappa shape index (κ2) is 9.82. The summed E-state index contributed by atoms with van der Waals surface area (Å²) in [4.78, 5) is 24.9. The van der Waals surface area contributed by atoms with Gasteiger partial charge in [-0.1, -0.05) is 28.4 Å². The van der Waals surface area contributed by atoms with E-state index in [0.717, 1.165) is 0 Å². The molecule has 0 fully saturated rings. The number of nitrogens with zero attached hydrogens (tertiary/aromatic N) is 2. The van der Waals surface area contributed by atoms with Crippen LogP contribution in [0.5, 0.6) is 0 Å². The Morgan fingerprint density at radius 3 is 2.58 bits per heavy atom. The third-order valence-corrected chi connectivity index (χ3v) is 4.23. The van der Waals surface area contributed by atoms with Gasteiger partial charge in [-0.2, -0.15) is 0 Å². The van der Waals surface area contributed by atoms with Crippen molar-refractivity contribution in [2.45, 2.75) is 13.0 Å². The third kappa shape index (κ3) is 4.92. The molecule has 26 heavy (non-hydrogen) atoms. The van der Waals surface area contributed by atoms with Crippen LogP contribution in [0.2, 0.25) is 10.0 Å². The summed E-state index contributed by atoms with van der Waals surface area (Å²) in [6.45, 7) is 0.516. The van der Waals surface area contributed by atoms with Gasteiger partial charge in [0, 0.05) is 24.2 Å². The van der Waals surface area contributed by atoms with E-state index in [-0.39, 0.29) is 48.1 Å². The van der Waals surface area contributed by atoms with Gasteiger partial charge < -0.3 is 30.8 Å². The predicted octanol–water partition coefficient (Wildman–Crippen LogP) is -0.728. The van der Waals surface area contributed by atoms with E-state index in [2.05, 4.69) is 10.5 Å². The number of halogens is 2. The number of anilines is 1. The topological polar surface area (TPSA) is 157 Å². The Kier molecular flexibility index (Phi) is 9.17. The Bertz CT molecular complexity index is 801. The minimum Gasteiger partial charge on any atom is -0.870 e. The molecule has 0 radical (unpaired) electrons. The number of carboxylic acid groups (broad SMARTS) is 1. The molecular formula is C14H14Cl2LiN3O6. The molecule has 0 saturated carbocycles. The second-order valence-electron chi connectivity index (χ2n) is 4.97. The maximum absolute atomic E-state index is 12.3. The summed E-state index contributed by atoms with van der Waals surface area (Å²) in [7, 11) is 0. The van der Waals surface area contributed by atoms with Crippen molar-refractivity contribution >= 4 is 40.9 Å². The molecular weight excluding hydrogens is 384 g/mol. The van der Waals surface area contributed by atoms with Gasteiger partial charge >= 0.3 is 30.9 Å². The molecule has 1 aromatic heterocycles. The summed E-state index contributed by atoms with van der Waals surface area (Å²) in [5.41, 5.74) is 0.763. The molecule has 0 atom stereocenters. The van der Waals surface area contributed by atoms with E-state index in [9.17, 15) is 9.59 Å². The Morgan fingerprint density at radius 2 is 1.96 bits per heavy atom. The number of carbonyl (C=O) groups excluding carboxylic acids is 1. The molecule has 2 heterocycles. The number of hydrogen-bond donors (Lipinski definition) is 2. The van der Waals surface area contributed by atoms with Crippen LogP contribution in [0, 0.1) is 0 Å². The molecule has 0 spiro atoms. The maximum atomic E-state index is 12.3. The first-order valence-corrected chi connectivity index (χ1v) is 7.43. The zero-order valence-corrected chi connectivity index (χ0v) is 15.1. The summed E-state index contributed by atoms with van der Waals surface area (Å²) >= 11 is 11.7. The average Bonchev–Trinajstić information content (AvgIpc) is 2.94. The van der Waals surface area contributed by atoms with Crippen molar-refractivity contribution in [1.82, 2.24) is 10.1 Å². The van der Waals surface area contributed by atoms with E-state index >= 15 is 0 Å². The van der Waals surface area contributed by atoms with Crippen LogP contribution < -0.4 is 24.2 Å². The minimum atomic E-state index is -1.18. The average molecular weight is 398 g/mol. The van der Waals surface area contributed by atoms with Gasteiger partial charge in [0.25, 0.3) is 0 Å². The first kappa shape index (κ1) is 24.3. The number of carboxylic acids is 1. The van der Waals surface area contributed by atoms with Gasteiger partial charge in [0.05, 0.1) is 16.6 Å². The van der Waals surface area contributed by atoms with E-state index in [4.69, 9.17) is 32.8 Å². The molecule has 1 aromatic carbocycles. The normalized spacial score (nSPS) is 12.0. The molecule has 136 valence electrons. The summed E-state index contributed by atoms with van der Waals surface area (Å²) in [6, 6.07) is 4.38. The van der Waals surface area contributed by atoms with Crippen LogP contribution >= 0.6 is 23.2 Å². The Labute approximate surface area is 170 Å². The standard InChI is InChI=1S/C14H11Cl2N3O4.Li.2H2O/c15-9-2-1-7(5-10(9)16)17-14(22)19-4-3-11-8(6-19)12(13(20)21)18-23-11;;;/h1-2,5H,3-4,6H2,(H,17,22)(H,20,21);;2*1H2/q;+1;;/p-1. The summed E-state index contributed by atoms with van der Waals surface area (Å²) < 4.78 is 5.00. The van der Waals surface area contributed by atoms with Crippen LogP contribution in [0.1, 0.15) is 21.8 Å². The number of benzene rings is 1. The predicted molar refractivity (Wildman–Crippen MR) is 88.6 cm³/mol. The first-order valence-electron chi connectivity index (χ1n) is 6.67. The van der Waals surface area contributed by atoms with Gasteiger partial charge in [-0.3, -0.25) is 0 Å². The zero-order chi connectivity index (χ0) is 16.6. The fourth-order valence-corrected chi connectivity index (χ4v) is 2.62. The molecule has 1 aliphatic heterocycles. The number of fused-ring (bicyclic) bond motifs is 1. The summed E-state index contributed by atoms with van der Waals surface area (Å²) in [5.74, 6) is -0.678. The molecule has 0 unspecified atom stereocenters. The molecule has 1 aliphatic rings. The van der Waals surface area contributed by atoms with Crippen LogP contribution in [0.3, 0.4) is 0 Å². The van der Waals surface area contributed by atoms with Crippen molar-refractivity contribution in [2.24, 2.45) is 0 Å². The van der Waals surface area contributed by atoms with Crippen molar-refractivity contribution in [3.8, 4) is 0 Å². The van der Waals surface area contributed by atoms with E-state index in [1.54, 1.807) is 18.2 Å². The van der Waals surface area contributed by atoms with Crippen molar-refractivity contribution in [3.05, 3.63) is 45.3 Å². The first-order chi connectivity index (χ1) is 11.0. The fraction of sp³-hybridized carbons (Fsp3) is 0.214. The number of aromatic nitrogens is 1. The van der Waals surface area contributed by atoms with Crippen molar-refractivity contribution in [1.29, 1.82) is 0 Å². The molecule has 9 nitrogen and oxygen atoms in total. The van der Waals surface area contributed by atoms with Crippen LogP contribution in [0.15, 0.2) is 22.7 Å². The van der Waals surface area contributed by atoms with Crippen molar-refractivity contribution in [3.63, 3.8) is 0 Å². The smallest absolute Gasteiger partial charge is 0.870 e. The quantitative estimate of drug-likeness (QED) is 0.635. The number of amides is 2. The van der Waals surface area contributed by atoms with Crippen LogP contribution in [0.25, 0.3) is 0 Å². The van der Waals surface area contributed by atoms with Gasteiger partial charge in [0.1, 0.15) is 5.76 Å². The minimum absolute atomic E-state index is 0. The van der Waals surface area contributed by atoms with Gasteiger partial charge in [0.2, 0.25) is 0 Å². The molecule has 2 amide bonds. The zero-order valence-electron chi connectivity index (χ0n) is 13.6. The van der Waals surface area contributed by atoms with Crippen LogP contribution in [0.4, 0.5) is 10.5 Å². The molecule has 3 rings (SSSR count). The Balaban J connectivity index is 0.00000208. The third-order valence-electron chi connectivity index (χ3n) is 3.49. The van der Waals surface area contributed by atoms with Gasteiger partial charge in [-0.05, 0) is 18.2 Å². The molecule has 12 heteroatoms. The van der Waals surface area contributed by atoms with Gasteiger partial charge in [-0.25, -0.2) is 9.59 Å². The Morgan fingerprint density at radius 1 is 1.27 bits per heavy atom. The number of nitrogens with one attached hydrogen (secondary N) is 1. The fourth-order valence-electron chi connectivity index (χ4n) is 2.33. The molecule has 0 bridgehead atoms. The van der Waals surface area contributed by atoms with E-state index in [1.165, 1.54) is 4.90 Å². The molecule has 5 N–H and O–H groups in total. The largest absolute Gasteiger partial charge is 1.00 e. The number of rotatable bonds is 2. The van der Waals surface area contributed by atoms with E-state index in [0.29, 0.717) is 40.0 Å². The monoisotopic (exact) mass is 397 g/mol. The number of aromatic carboxylic acids is 1. The number of hydrogen-bond acceptors (Lipinski definition) is 5. The molecule has 0 saturated heterocycles. The number of urea groups is 1. The summed E-state index contributed by atoms with van der Waals surface area (Å²) in [6.07, 6.45) is 0.407. The maximum Gasteiger partial charge on any atom is 1.00 e. The van der Waals surface area contributed by atoms with E-state index in [1.807, 2.05) is 0 Å². The second-order valence-corrected chi connectivity index (χ2v) is 5.78. The van der Waals surface area contributed by atoms with Crippen molar-refractivity contribution < 1.29 is 49.0 Å². The molecule has 0 aliphatic carbocycles. The van der Waals surface area contributed by atoms with E-state index < -0.39 is 5.97 Å². The Hall–Kier alpha value is -1.73. The SMILES string of the molecule is O.O=C(O)c1noc2c1CN(C(=O)Nc1ccc(Cl)c(Cl)c1)CC2.[Li+].[OH-]. The molecule has 2 aromatic rings. The number of carbonyl (C=O) groups is 2. The van der Waals surface area contributed by atoms with Crippen LogP contribution in [-0.4, -0.2) is 44.7 Å². The van der Waals surface area contributed by atoms with Gasteiger partial charge in [0.15, 0.2) is 5.69 Å². The summed E-state index contributed by atoms with van der Waals surface area (Å²) in [5, 5.41) is 16.0. The van der Waals surface area contributed by atoms with Crippen molar-refractivity contribution in [2.75, 3.05) is 11.9 Å².